The van der Waals surface area contributed by atoms with Crippen LogP contribution in [0.4, 0.5) is 23.2 Å². The second-order valence-corrected chi connectivity index (χ2v) is 4.34. The van der Waals surface area contributed by atoms with E-state index >= 15 is 0 Å². The summed E-state index contributed by atoms with van der Waals surface area (Å²) in [7, 11) is 0. The van der Waals surface area contributed by atoms with E-state index in [2.05, 4.69) is 5.32 Å². The van der Waals surface area contributed by atoms with E-state index in [0.717, 1.165) is 18.2 Å². The van der Waals surface area contributed by atoms with Crippen molar-refractivity contribution in [3.05, 3.63) is 59.9 Å². The van der Waals surface area contributed by atoms with Gasteiger partial charge in [-0.25, -0.2) is 4.39 Å². The molecule has 0 heterocycles. The van der Waals surface area contributed by atoms with E-state index < -0.39 is 35.8 Å². The number of anilines is 1. The standard InChI is InChI=1S/C15H11F4NO2/c16-10-4-3-5-11(8-10)20-14(21)9-22-13-7-2-1-6-12(13)15(17,18)19/h1-8H,9H2,(H,20,21). The average Bonchev–Trinajstić information content (AvgIpc) is 2.44. The minimum Gasteiger partial charge on any atom is -0.483 e. The predicted molar refractivity (Wildman–Crippen MR) is 72.0 cm³/mol. The molecule has 0 spiro atoms. The predicted octanol–water partition coefficient (Wildman–Crippen LogP) is 3.86. The average molecular weight is 313 g/mol. The van der Waals surface area contributed by atoms with E-state index in [1.54, 1.807) is 0 Å². The Kier molecular flexibility index (Phi) is 4.65. The van der Waals surface area contributed by atoms with Crippen LogP contribution in [0.2, 0.25) is 0 Å². The molecule has 1 N–H and O–H groups in total. The van der Waals surface area contributed by atoms with Gasteiger partial charge in [0, 0.05) is 5.69 Å². The van der Waals surface area contributed by atoms with Crippen molar-refractivity contribution in [1.29, 1.82) is 0 Å². The van der Waals surface area contributed by atoms with Gasteiger partial charge in [0.15, 0.2) is 6.61 Å². The Labute approximate surface area is 123 Å². The van der Waals surface area contributed by atoms with Gasteiger partial charge in [-0.05, 0) is 30.3 Å². The lowest BCUT2D eigenvalue weighted by Gasteiger charge is -2.13. The number of alkyl halides is 3. The number of carbonyl (C=O) groups is 1. The Morgan fingerprint density at radius 1 is 1.09 bits per heavy atom. The zero-order chi connectivity index (χ0) is 16.2. The normalized spacial score (nSPS) is 11.1. The fourth-order valence-electron chi connectivity index (χ4n) is 1.73. The number of benzene rings is 2. The van der Waals surface area contributed by atoms with Crippen molar-refractivity contribution in [3.63, 3.8) is 0 Å². The number of para-hydroxylation sites is 1. The topological polar surface area (TPSA) is 38.3 Å². The quantitative estimate of drug-likeness (QED) is 0.870. The number of rotatable bonds is 4. The second-order valence-electron chi connectivity index (χ2n) is 4.34. The molecule has 0 bridgehead atoms. The van der Waals surface area contributed by atoms with Crippen LogP contribution >= 0.6 is 0 Å². The van der Waals surface area contributed by atoms with Crippen LogP contribution in [0.25, 0.3) is 0 Å². The molecule has 0 aromatic heterocycles. The lowest BCUT2D eigenvalue weighted by Crippen LogP contribution is -2.21. The van der Waals surface area contributed by atoms with Crippen molar-refractivity contribution in [2.24, 2.45) is 0 Å². The van der Waals surface area contributed by atoms with E-state index in [9.17, 15) is 22.4 Å². The van der Waals surface area contributed by atoms with Crippen molar-refractivity contribution >= 4 is 11.6 Å². The number of hydrogen-bond acceptors (Lipinski definition) is 2. The SMILES string of the molecule is O=C(COc1ccccc1C(F)(F)F)Nc1cccc(F)c1. The molecule has 0 atom stereocenters. The van der Waals surface area contributed by atoms with Crippen LogP contribution in [0.15, 0.2) is 48.5 Å². The summed E-state index contributed by atoms with van der Waals surface area (Å²) in [5.41, 5.74) is -0.772. The molecule has 0 radical (unpaired) electrons. The van der Waals surface area contributed by atoms with Crippen molar-refractivity contribution in [1.82, 2.24) is 0 Å². The first-order chi connectivity index (χ1) is 10.4. The number of nitrogens with one attached hydrogen (secondary N) is 1. The summed E-state index contributed by atoms with van der Waals surface area (Å²) >= 11 is 0. The van der Waals surface area contributed by atoms with Gasteiger partial charge < -0.3 is 10.1 Å². The molecule has 2 rings (SSSR count). The first kappa shape index (κ1) is 15.8. The van der Waals surface area contributed by atoms with Crippen LogP contribution in [0.1, 0.15) is 5.56 Å². The Balaban J connectivity index is 2.00. The summed E-state index contributed by atoms with van der Waals surface area (Å²) < 4.78 is 56.1. The van der Waals surface area contributed by atoms with Crippen molar-refractivity contribution in [2.45, 2.75) is 6.18 Å². The van der Waals surface area contributed by atoms with E-state index in [1.807, 2.05) is 0 Å². The highest BCUT2D eigenvalue weighted by Crippen LogP contribution is 2.35. The lowest BCUT2D eigenvalue weighted by atomic mass is 10.2. The van der Waals surface area contributed by atoms with E-state index in [-0.39, 0.29) is 5.69 Å². The van der Waals surface area contributed by atoms with Crippen LogP contribution in [-0.4, -0.2) is 12.5 Å². The van der Waals surface area contributed by atoms with Crippen molar-refractivity contribution < 1.29 is 27.1 Å². The molecule has 0 aliphatic heterocycles. The van der Waals surface area contributed by atoms with Gasteiger partial charge in [-0.3, -0.25) is 4.79 Å². The summed E-state index contributed by atoms with van der Waals surface area (Å²) in [5.74, 6) is -1.67. The number of hydrogen-bond donors (Lipinski definition) is 1. The highest BCUT2D eigenvalue weighted by Gasteiger charge is 2.34. The first-order valence-electron chi connectivity index (χ1n) is 6.21. The Morgan fingerprint density at radius 2 is 1.82 bits per heavy atom. The molecule has 7 heteroatoms. The molecule has 0 aliphatic rings. The van der Waals surface area contributed by atoms with Gasteiger partial charge in [0.2, 0.25) is 0 Å². The summed E-state index contributed by atoms with van der Waals surface area (Å²) in [4.78, 5) is 11.6. The van der Waals surface area contributed by atoms with E-state index in [1.165, 1.54) is 30.3 Å². The number of carbonyl (C=O) groups excluding carboxylic acids is 1. The first-order valence-corrected chi connectivity index (χ1v) is 6.21. The third-order valence-corrected chi connectivity index (χ3v) is 2.66. The second kappa shape index (κ2) is 6.46. The fraction of sp³-hybridized carbons (Fsp3) is 0.133. The summed E-state index contributed by atoms with van der Waals surface area (Å²) in [6, 6.07) is 9.71. The molecule has 0 saturated carbocycles. The number of halogens is 4. The molecule has 0 fully saturated rings. The maximum Gasteiger partial charge on any atom is 0.419 e. The zero-order valence-electron chi connectivity index (χ0n) is 11.2. The molecule has 116 valence electrons. The van der Waals surface area contributed by atoms with Gasteiger partial charge in [0.05, 0.1) is 5.56 Å². The third-order valence-electron chi connectivity index (χ3n) is 2.66. The maximum atomic E-state index is 12.9. The highest BCUT2D eigenvalue weighted by molar-refractivity contribution is 5.91. The third kappa shape index (κ3) is 4.21. The van der Waals surface area contributed by atoms with Gasteiger partial charge in [-0.15, -0.1) is 0 Å². The van der Waals surface area contributed by atoms with Crippen LogP contribution in [0.5, 0.6) is 5.75 Å². The summed E-state index contributed by atoms with van der Waals surface area (Å²) in [6.07, 6.45) is -4.57. The summed E-state index contributed by atoms with van der Waals surface area (Å²) in [6.45, 7) is -0.621. The van der Waals surface area contributed by atoms with Gasteiger partial charge in [-0.2, -0.15) is 13.2 Å². The van der Waals surface area contributed by atoms with Crippen LogP contribution in [-0.2, 0) is 11.0 Å². The number of amides is 1. The smallest absolute Gasteiger partial charge is 0.419 e. The van der Waals surface area contributed by atoms with E-state index in [4.69, 9.17) is 4.74 Å². The van der Waals surface area contributed by atoms with Gasteiger partial charge >= 0.3 is 6.18 Å². The van der Waals surface area contributed by atoms with Gasteiger partial charge in [0.25, 0.3) is 5.91 Å². The molecular weight excluding hydrogens is 302 g/mol. The minimum absolute atomic E-state index is 0.192. The molecule has 2 aromatic rings. The number of ether oxygens (including phenoxy) is 1. The minimum atomic E-state index is -4.57. The van der Waals surface area contributed by atoms with Crippen molar-refractivity contribution in [2.75, 3.05) is 11.9 Å². The molecule has 2 aromatic carbocycles. The molecule has 0 aliphatic carbocycles. The molecule has 22 heavy (non-hydrogen) atoms. The maximum absolute atomic E-state index is 12.9. The van der Waals surface area contributed by atoms with Crippen molar-refractivity contribution in [3.8, 4) is 5.75 Å². The molecule has 0 saturated heterocycles. The fourth-order valence-corrected chi connectivity index (χ4v) is 1.73. The highest BCUT2D eigenvalue weighted by atomic mass is 19.4. The Hall–Kier alpha value is -2.57. The molecule has 0 unspecified atom stereocenters. The zero-order valence-corrected chi connectivity index (χ0v) is 11.2. The summed E-state index contributed by atoms with van der Waals surface area (Å²) in [5, 5.41) is 2.33. The van der Waals surface area contributed by atoms with Gasteiger partial charge in [-0.1, -0.05) is 18.2 Å². The molecule has 3 nitrogen and oxygen atoms in total. The van der Waals surface area contributed by atoms with Crippen LogP contribution < -0.4 is 10.1 Å². The van der Waals surface area contributed by atoms with E-state index in [0.29, 0.717) is 0 Å². The van der Waals surface area contributed by atoms with Crippen LogP contribution in [0.3, 0.4) is 0 Å². The van der Waals surface area contributed by atoms with Gasteiger partial charge in [0.1, 0.15) is 11.6 Å². The monoisotopic (exact) mass is 313 g/mol. The van der Waals surface area contributed by atoms with Crippen LogP contribution in [0, 0.1) is 5.82 Å². The molecular formula is C15H11F4NO2. The Morgan fingerprint density at radius 3 is 2.50 bits per heavy atom. The lowest BCUT2D eigenvalue weighted by molar-refractivity contribution is -0.139. The molecule has 1 amide bonds. The largest absolute Gasteiger partial charge is 0.483 e. The Bertz CT molecular complexity index is 671.